The topological polar surface area (TPSA) is 88.9 Å². The molecule has 0 saturated heterocycles. The Balaban J connectivity index is 1.80. The lowest BCUT2D eigenvalue weighted by atomic mass is 10.0. The maximum absolute atomic E-state index is 12.9. The van der Waals surface area contributed by atoms with Crippen LogP contribution in [0.5, 0.6) is 11.5 Å². The molecule has 0 radical (unpaired) electrons. The van der Waals surface area contributed by atoms with Crippen LogP contribution < -0.4 is 14.9 Å². The van der Waals surface area contributed by atoms with E-state index in [0.717, 1.165) is 16.5 Å². The van der Waals surface area contributed by atoms with Crippen LogP contribution in [0.2, 0.25) is 5.02 Å². The number of hydrazone groups is 1. The van der Waals surface area contributed by atoms with Crippen LogP contribution in [0.25, 0.3) is 22.0 Å². The number of aromatic nitrogens is 1. The first kappa shape index (κ1) is 19.6. The third-order valence-corrected chi connectivity index (χ3v) is 4.86. The Morgan fingerprint density at radius 1 is 1.17 bits per heavy atom. The second-order valence-corrected chi connectivity index (χ2v) is 6.77. The van der Waals surface area contributed by atoms with Crippen LogP contribution in [-0.2, 0) is 0 Å². The highest BCUT2D eigenvalue weighted by Gasteiger charge is 2.23. The summed E-state index contributed by atoms with van der Waals surface area (Å²) < 4.78 is 16.2. The summed E-state index contributed by atoms with van der Waals surface area (Å²) in [5.41, 5.74) is 5.19. The molecule has 2 aromatic heterocycles. The van der Waals surface area contributed by atoms with Crippen LogP contribution in [0.4, 0.5) is 0 Å². The average molecular weight is 424 g/mol. The van der Waals surface area contributed by atoms with E-state index < -0.39 is 5.91 Å². The van der Waals surface area contributed by atoms with E-state index in [1.54, 1.807) is 25.3 Å². The molecule has 2 heterocycles. The summed E-state index contributed by atoms with van der Waals surface area (Å²) in [5.74, 6) is 1.01. The predicted molar refractivity (Wildman–Crippen MR) is 116 cm³/mol. The number of hydrogen-bond donors (Lipinski definition) is 2. The summed E-state index contributed by atoms with van der Waals surface area (Å²) in [4.78, 5) is 16.1. The van der Waals surface area contributed by atoms with E-state index in [1.165, 1.54) is 19.6 Å². The smallest absolute Gasteiger partial charge is 0.277 e. The maximum Gasteiger partial charge on any atom is 0.277 e. The molecule has 0 spiro atoms. The van der Waals surface area contributed by atoms with Gasteiger partial charge in [-0.3, -0.25) is 4.79 Å². The monoisotopic (exact) mass is 423 g/mol. The van der Waals surface area contributed by atoms with Crippen molar-refractivity contribution in [2.75, 3.05) is 14.2 Å². The zero-order valence-electron chi connectivity index (χ0n) is 16.2. The van der Waals surface area contributed by atoms with Crippen molar-refractivity contribution >= 4 is 34.6 Å². The van der Waals surface area contributed by atoms with Gasteiger partial charge in [0.1, 0.15) is 22.8 Å². The lowest BCUT2D eigenvalue weighted by Crippen LogP contribution is -2.19. The van der Waals surface area contributed by atoms with Crippen LogP contribution in [0.1, 0.15) is 16.1 Å². The number of amides is 1. The van der Waals surface area contributed by atoms with E-state index in [0.29, 0.717) is 33.4 Å². The number of furan rings is 1. The number of ether oxygens (including phenoxy) is 2. The number of methoxy groups -OCH3 is 2. The number of aromatic amines is 1. The van der Waals surface area contributed by atoms with Crippen molar-refractivity contribution in [3.63, 3.8) is 0 Å². The molecule has 2 aromatic carbocycles. The molecule has 0 aliphatic carbocycles. The van der Waals surface area contributed by atoms with Gasteiger partial charge in [-0.15, -0.1) is 0 Å². The first-order valence-electron chi connectivity index (χ1n) is 9.01. The number of carbonyl (C=O) groups excluding carboxylic acids is 1. The van der Waals surface area contributed by atoms with E-state index in [-0.39, 0.29) is 0 Å². The molecule has 7 nitrogen and oxygen atoms in total. The van der Waals surface area contributed by atoms with Crippen molar-refractivity contribution < 1.29 is 18.7 Å². The Morgan fingerprint density at radius 3 is 2.60 bits per heavy atom. The van der Waals surface area contributed by atoms with E-state index in [2.05, 4.69) is 15.5 Å². The average Bonchev–Trinajstić information content (AvgIpc) is 3.43. The Hall–Kier alpha value is -3.71. The van der Waals surface area contributed by atoms with Crippen molar-refractivity contribution in [3.8, 4) is 22.6 Å². The van der Waals surface area contributed by atoms with Gasteiger partial charge in [-0.2, -0.15) is 5.10 Å². The summed E-state index contributed by atoms with van der Waals surface area (Å²) in [5, 5.41) is 5.35. The number of fused-ring (bicyclic) bond motifs is 1. The summed E-state index contributed by atoms with van der Waals surface area (Å²) in [6, 6.07) is 12.6. The van der Waals surface area contributed by atoms with Crippen molar-refractivity contribution in [1.82, 2.24) is 10.4 Å². The number of halogens is 1. The van der Waals surface area contributed by atoms with Gasteiger partial charge in [0.15, 0.2) is 0 Å². The Morgan fingerprint density at radius 2 is 1.93 bits per heavy atom. The van der Waals surface area contributed by atoms with Gasteiger partial charge in [-0.25, -0.2) is 5.43 Å². The number of benzene rings is 2. The second kappa shape index (κ2) is 8.34. The minimum atomic E-state index is -0.438. The summed E-state index contributed by atoms with van der Waals surface area (Å²) in [6.07, 6.45) is 4.76. The number of nitrogens with zero attached hydrogens (tertiary/aromatic N) is 1. The molecule has 0 saturated carbocycles. The maximum atomic E-state index is 12.9. The minimum absolute atomic E-state index is 0.310. The highest BCUT2D eigenvalue weighted by Crippen LogP contribution is 2.41. The quantitative estimate of drug-likeness (QED) is 0.342. The van der Waals surface area contributed by atoms with Gasteiger partial charge in [0.2, 0.25) is 0 Å². The second-order valence-electron chi connectivity index (χ2n) is 6.33. The summed E-state index contributed by atoms with van der Waals surface area (Å²) >= 11 is 6.02. The molecule has 0 aliphatic rings. The number of hydrogen-bond acceptors (Lipinski definition) is 5. The molecule has 0 unspecified atom stereocenters. The van der Waals surface area contributed by atoms with Gasteiger partial charge in [0.05, 0.1) is 37.6 Å². The molecule has 4 rings (SSSR count). The first-order chi connectivity index (χ1) is 14.6. The Kier molecular flexibility index (Phi) is 5.45. The van der Waals surface area contributed by atoms with Gasteiger partial charge >= 0.3 is 0 Å². The molecule has 0 bridgehead atoms. The number of nitrogens with one attached hydrogen (secondary N) is 2. The fourth-order valence-corrected chi connectivity index (χ4v) is 3.37. The zero-order chi connectivity index (χ0) is 21.1. The number of H-pyrrole nitrogens is 1. The van der Waals surface area contributed by atoms with Crippen molar-refractivity contribution in [3.05, 3.63) is 71.3 Å². The lowest BCUT2D eigenvalue weighted by Gasteiger charge is -2.13. The molecule has 8 heteroatoms. The van der Waals surface area contributed by atoms with E-state index in [1.807, 2.05) is 30.5 Å². The zero-order valence-corrected chi connectivity index (χ0v) is 17.0. The SMILES string of the molecule is COc1cc(OC)c2c(-c3ccc(Cl)cc3)c[nH]c2c1C(=O)N/N=C/c1ccco1. The van der Waals surface area contributed by atoms with Crippen molar-refractivity contribution in [1.29, 1.82) is 0 Å². The molecule has 152 valence electrons. The Labute approximate surface area is 177 Å². The van der Waals surface area contributed by atoms with E-state index in [9.17, 15) is 4.79 Å². The van der Waals surface area contributed by atoms with Crippen LogP contribution in [0.15, 0.2) is 64.4 Å². The van der Waals surface area contributed by atoms with Crippen LogP contribution in [0.3, 0.4) is 0 Å². The third-order valence-electron chi connectivity index (χ3n) is 4.61. The summed E-state index contributed by atoms with van der Waals surface area (Å²) in [6.45, 7) is 0. The number of carbonyl (C=O) groups is 1. The normalized spacial score (nSPS) is 11.2. The summed E-state index contributed by atoms with van der Waals surface area (Å²) in [7, 11) is 3.06. The van der Waals surface area contributed by atoms with E-state index >= 15 is 0 Å². The molecule has 1 amide bonds. The molecule has 0 atom stereocenters. The predicted octanol–water partition coefficient (Wildman–Crippen LogP) is 4.86. The third kappa shape index (κ3) is 3.62. The molecule has 0 fully saturated rings. The molecular formula is C22H18ClN3O4. The molecular weight excluding hydrogens is 406 g/mol. The van der Waals surface area contributed by atoms with Crippen LogP contribution in [0, 0.1) is 0 Å². The molecule has 30 heavy (non-hydrogen) atoms. The Bertz CT molecular complexity index is 1210. The van der Waals surface area contributed by atoms with Gasteiger partial charge in [0, 0.05) is 22.8 Å². The molecule has 4 aromatic rings. The van der Waals surface area contributed by atoms with Gasteiger partial charge < -0.3 is 18.9 Å². The minimum Gasteiger partial charge on any atom is -0.496 e. The molecule has 0 aliphatic heterocycles. The largest absolute Gasteiger partial charge is 0.496 e. The van der Waals surface area contributed by atoms with E-state index in [4.69, 9.17) is 25.5 Å². The van der Waals surface area contributed by atoms with Gasteiger partial charge in [-0.05, 0) is 29.8 Å². The van der Waals surface area contributed by atoms with Crippen LogP contribution >= 0.6 is 11.6 Å². The molecule has 2 N–H and O–H groups in total. The van der Waals surface area contributed by atoms with Crippen LogP contribution in [-0.4, -0.2) is 31.3 Å². The first-order valence-corrected chi connectivity index (χ1v) is 9.39. The van der Waals surface area contributed by atoms with Gasteiger partial charge in [0.25, 0.3) is 5.91 Å². The van der Waals surface area contributed by atoms with Crippen molar-refractivity contribution in [2.24, 2.45) is 5.10 Å². The highest BCUT2D eigenvalue weighted by molar-refractivity contribution is 6.30. The van der Waals surface area contributed by atoms with Crippen molar-refractivity contribution in [2.45, 2.75) is 0 Å². The standard InChI is InChI=1S/C22H18ClN3O4/c1-28-17-10-18(29-2)20(22(27)26-25-11-15-4-3-9-30-15)21-19(17)16(12-24-21)13-5-7-14(23)8-6-13/h3-12,24H,1-2H3,(H,26,27)/b25-11+. The number of rotatable bonds is 6. The lowest BCUT2D eigenvalue weighted by molar-refractivity contribution is 0.0953. The fraction of sp³-hybridized carbons (Fsp3) is 0.0909. The van der Waals surface area contributed by atoms with Gasteiger partial charge in [-0.1, -0.05) is 23.7 Å². The fourth-order valence-electron chi connectivity index (χ4n) is 3.24. The highest BCUT2D eigenvalue weighted by atomic mass is 35.5.